The molecule has 0 atom stereocenters. The molecule has 0 N–H and O–H groups in total. The van der Waals surface area contributed by atoms with E-state index in [9.17, 15) is 4.79 Å². The summed E-state index contributed by atoms with van der Waals surface area (Å²) < 4.78 is 5.76. The molecule has 2 heterocycles. The number of carbonyl (C=O) groups excluding carboxylic acids is 1. The van der Waals surface area contributed by atoms with Crippen molar-refractivity contribution < 1.29 is 9.53 Å². The average Bonchev–Trinajstić information content (AvgIpc) is 3.21. The molecule has 0 saturated carbocycles. The highest BCUT2D eigenvalue weighted by atomic mass is 16.5. The number of pyridine rings is 1. The summed E-state index contributed by atoms with van der Waals surface area (Å²) in [5.74, 6) is 0.767. The lowest BCUT2D eigenvalue weighted by Gasteiger charge is -2.24. The van der Waals surface area contributed by atoms with Gasteiger partial charge in [-0.05, 0) is 41.3 Å². The predicted octanol–water partition coefficient (Wildman–Crippen LogP) is 3.90. The third-order valence-corrected chi connectivity index (χ3v) is 4.87. The Kier molecular flexibility index (Phi) is 5.15. The molecule has 4 rings (SSSR count). The van der Waals surface area contributed by atoms with Crippen LogP contribution in [0.25, 0.3) is 0 Å². The molecule has 1 aliphatic heterocycles. The van der Waals surface area contributed by atoms with Gasteiger partial charge >= 0.3 is 0 Å². The molecule has 2 aromatic carbocycles. The Morgan fingerprint density at radius 2 is 1.78 bits per heavy atom. The molecule has 1 aromatic heterocycles. The molecule has 1 aliphatic rings. The van der Waals surface area contributed by atoms with Crippen LogP contribution in [0.15, 0.2) is 73.1 Å². The maximum atomic E-state index is 13.4. The summed E-state index contributed by atoms with van der Waals surface area (Å²) in [7, 11) is 0. The molecule has 0 fully saturated rings. The number of carbonyl (C=O) groups is 1. The highest BCUT2D eigenvalue weighted by Crippen LogP contribution is 2.30. The summed E-state index contributed by atoms with van der Waals surface area (Å²) >= 11 is 0. The number of amides is 1. The van der Waals surface area contributed by atoms with Gasteiger partial charge in [-0.15, -0.1) is 0 Å². The highest BCUT2D eigenvalue weighted by Gasteiger charge is 2.24. The zero-order valence-electron chi connectivity index (χ0n) is 15.2. The van der Waals surface area contributed by atoms with Crippen molar-refractivity contribution in [2.45, 2.75) is 19.4 Å². The number of ether oxygens (including phenoxy) is 1. The normalized spacial score (nSPS) is 12.3. The van der Waals surface area contributed by atoms with E-state index < -0.39 is 0 Å². The molecule has 1 amide bonds. The number of hydrogen-bond acceptors (Lipinski definition) is 3. The van der Waals surface area contributed by atoms with Crippen LogP contribution >= 0.6 is 0 Å². The summed E-state index contributed by atoms with van der Waals surface area (Å²) in [6.07, 6.45) is 5.20. The Balaban J connectivity index is 1.58. The number of benzene rings is 2. The first-order chi connectivity index (χ1) is 13.3. The van der Waals surface area contributed by atoms with Crippen LogP contribution in [0.3, 0.4) is 0 Å². The van der Waals surface area contributed by atoms with Crippen molar-refractivity contribution in [3.05, 3.63) is 95.3 Å². The van der Waals surface area contributed by atoms with Crippen LogP contribution in [-0.4, -0.2) is 28.9 Å². The molecule has 136 valence electrons. The molecular formula is C23H22N2O2. The molecule has 0 spiro atoms. The summed E-state index contributed by atoms with van der Waals surface area (Å²) in [5.41, 5.74) is 4.07. The topological polar surface area (TPSA) is 42.4 Å². The minimum absolute atomic E-state index is 0.0153. The standard InChI is InChI=1S/C23H22N2O2/c26-23(21-8-4-7-20-12-16-27-22(20)21)25(17-19-9-13-24-14-10-19)15-11-18-5-2-1-3-6-18/h1-10,13-14H,11-12,15-17H2. The first-order valence-corrected chi connectivity index (χ1v) is 9.28. The van der Waals surface area contributed by atoms with Crippen LogP contribution in [-0.2, 0) is 19.4 Å². The van der Waals surface area contributed by atoms with Gasteiger partial charge in [-0.3, -0.25) is 9.78 Å². The molecule has 27 heavy (non-hydrogen) atoms. The molecule has 0 bridgehead atoms. The fourth-order valence-electron chi connectivity index (χ4n) is 3.42. The summed E-state index contributed by atoms with van der Waals surface area (Å²) in [4.78, 5) is 19.3. The molecule has 0 saturated heterocycles. The second-order valence-corrected chi connectivity index (χ2v) is 6.71. The first kappa shape index (κ1) is 17.3. The Morgan fingerprint density at radius 1 is 0.963 bits per heavy atom. The number of nitrogens with zero attached hydrogens (tertiary/aromatic N) is 2. The van der Waals surface area contributed by atoms with E-state index in [1.165, 1.54) is 5.56 Å². The van der Waals surface area contributed by atoms with Gasteiger partial charge in [0.1, 0.15) is 5.75 Å². The Labute approximate surface area is 159 Å². The van der Waals surface area contributed by atoms with E-state index in [0.717, 1.165) is 29.7 Å². The maximum absolute atomic E-state index is 13.4. The smallest absolute Gasteiger partial charge is 0.257 e. The second kappa shape index (κ2) is 8.04. The first-order valence-electron chi connectivity index (χ1n) is 9.28. The molecule has 3 aromatic rings. The van der Waals surface area contributed by atoms with Gasteiger partial charge in [-0.1, -0.05) is 42.5 Å². The summed E-state index contributed by atoms with van der Waals surface area (Å²) in [5, 5.41) is 0. The monoisotopic (exact) mass is 358 g/mol. The minimum atomic E-state index is 0.0153. The van der Waals surface area contributed by atoms with Crippen LogP contribution in [0.2, 0.25) is 0 Å². The second-order valence-electron chi connectivity index (χ2n) is 6.71. The zero-order valence-corrected chi connectivity index (χ0v) is 15.2. The van der Waals surface area contributed by atoms with Crippen molar-refractivity contribution in [3.63, 3.8) is 0 Å². The van der Waals surface area contributed by atoms with Gasteiger partial charge < -0.3 is 9.64 Å². The number of fused-ring (bicyclic) bond motifs is 1. The third kappa shape index (κ3) is 4.00. The fraction of sp³-hybridized carbons (Fsp3) is 0.217. The van der Waals surface area contributed by atoms with Crippen LogP contribution in [0.4, 0.5) is 0 Å². The quantitative estimate of drug-likeness (QED) is 0.671. The van der Waals surface area contributed by atoms with E-state index in [2.05, 4.69) is 17.1 Å². The summed E-state index contributed by atoms with van der Waals surface area (Å²) in [6.45, 7) is 1.85. The average molecular weight is 358 g/mol. The molecule has 4 heteroatoms. The lowest BCUT2D eigenvalue weighted by atomic mass is 10.1. The van der Waals surface area contributed by atoms with Crippen LogP contribution < -0.4 is 4.74 Å². The molecule has 0 radical (unpaired) electrons. The number of rotatable bonds is 6. The van der Waals surface area contributed by atoms with E-state index in [1.54, 1.807) is 12.4 Å². The van der Waals surface area contributed by atoms with Crippen LogP contribution in [0.5, 0.6) is 5.75 Å². The van der Waals surface area contributed by atoms with Gasteiger partial charge in [-0.2, -0.15) is 0 Å². The van der Waals surface area contributed by atoms with Crippen molar-refractivity contribution >= 4 is 5.91 Å². The van der Waals surface area contributed by atoms with Gasteiger partial charge in [-0.25, -0.2) is 0 Å². The van der Waals surface area contributed by atoms with Crippen molar-refractivity contribution in [1.82, 2.24) is 9.88 Å². The lowest BCUT2D eigenvalue weighted by Crippen LogP contribution is -2.32. The zero-order chi connectivity index (χ0) is 18.5. The Bertz CT molecular complexity index is 910. The predicted molar refractivity (Wildman–Crippen MR) is 105 cm³/mol. The molecular weight excluding hydrogens is 336 g/mol. The number of hydrogen-bond donors (Lipinski definition) is 0. The summed E-state index contributed by atoms with van der Waals surface area (Å²) in [6, 6.07) is 20.0. The van der Waals surface area contributed by atoms with E-state index in [4.69, 9.17) is 4.74 Å². The largest absolute Gasteiger partial charge is 0.492 e. The Hall–Kier alpha value is -3.14. The minimum Gasteiger partial charge on any atom is -0.492 e. The SMILES string of the molecule is O=C(c1cccc2c1OCC2)N(CCc1ccccc1)Cc1ccncc1. The van der Waals surface area contributed by atoms with E-state index in [0.29, 0.717) is 25.3 Å². The maximum Gasteiger partial charge on any atom is 0.257 e. The van der Waals surface area contributed by atoms with Gasteiger partial charge in [0.25, 0.3) is 5.91 Å². The van der Waals surface area contributed by atoms with E-state index >= 15 is 0 Å². The lowest BCUT2D eigenvalue weighted by molar-refractivity contribution is 0.0741. The van der Waals surface area contributed by atoms with E-state index in [-0.39, 0.29) is 5.91 Å². The van der Waals surface area contributed by atoms with Crippen molar-refractivity contribution in [1.29, 1.82) is 0 Å². The molecule has 4 nitrogen and oxygen atoms in total. The number of aromatic nitrogens is 1. The third-order valence-electron chi connectivity index (χ3n) is 4.87. The number of para-hydroxylation sites is 1. The van der Waals surface area contributed by atoms with Gasteiger partial charge in [0, 0.05) is 31.9 Å². The van der Waals surface area contributed by atoms with Crippen LogP contribution in [0, 0.1) is 0 Å². The van der Waals surface area contributed by atoms with Gasteiger partial charge in [0.2, 0.25) is 0 Å². The van der Waals surface area contributed by atoms with Crippen molar-refractivity contribution in [2.24, 2.45) is 0 Å². The van der Waals surface area contributed by atoms with Crippen molar-refractivity contribution in [2.75, 3.05) is 13.2 Å². The van der Waals surface area contributed by atoms with Gasteiger partial charge in [0.05, 0.1) is 12.2 Å². The Morgan fingerprint density at radius 3 is 2.59 bits per heavy atom. The van der Waals surface area contributed by atoms with Crippen molar-refractivity contribution in [3.8, 4) is 5.75 Å². The highest BCUT2D eigenvalue weighted by molar-refractivity contribution is 5.97. The van der Waals surface area contributed by atoms with Crippen LogP contribution in [0.1, 0.15) is 27.0 Å². The fourth-order valence-corrected chi connectivity index (χ4v) is 3.42. The van der Waals surface area contributed by atoms with Gasteiger partial charge in [0.15, 0.2) is 0 Å². The van der Waals surface area contributed by atoms with E-state index in [1.807, 2.05) is 53.4 Å². The molecule has 0 aliphatic carbocycles. The molecule has 0 unspecified atom stereocenters.